The van der Waals surface area contributed by atoms with Gasteiger partial charge in [-0.25, -0.2) is 0 Å². The first kappa shape index (κ1) is 14.8. The summed E-state index contributed by atoms with van der Waals surface area (Å²) in [5.74, 6) is 0.924. The smallest absolute Gasteiger partial charge is 0.119 e. The SMILES string of the molecule is CCC(C)NCCNc1ccc(OC(C)C)cc1. The molecule has 0 fully saturated rings. The zero-order chi connectivity index (χ0) is 13.4. The van der Waals surface area contributed by atoms with Gasteiger partial charge in [-0.05, 0) is 51.5 Å². The van der Waals surface area contributed by atoms with Crippen LogP contribution < -0.4 is 15.4 Å². The van der Waals surface area contributed by atoms with Crippen LogP contribution in [0.2, 0.25) is 0 Å². The highest BCUT2D eigenvalue weighted by atomic mass is 16.5. The van der Waals surface area contributed by atoms with Crippen LogP contribution in [0.4, 0.5) is 5.69 Å². The Bertz CT molecular complexity index is 322. The Morgan fingerprint density at radius 1 is 1.06 bits per heavy atom. The Morgan fingerprint density at radius 3 is 2.28 bits per heavy atom. The van der Waals surface area contributed by atoms with Gasteiger partial charge in [-0.15, -0.1) is 0 Å². The predicted octanol–water partition coefficient (Wildman–Crippen LogP) is 3.27. The van der Waals surface area contributed by atoms with Gasteiger partial charge in [-0.2, -0.15) is 0 Å². The highest BCUT2D eigenvalue weighted by molar-refractivity contribution is 5.46. The van der Waals surface area contributed by atoms with Crippen molar-refractivity contribution in [3.63, 3.8) is 0 Å². The Balaban J connectivity index is 2.26. The molecule has 18 heavy (non-hydrogen) atoms. The first-order chi connectivity index (χ1) is 8.61. The molecule has 1 aromatic carbocycles. The van der Waals surface area contributed by atoms with Gasteiger partial charge >= 0.3 is 0 Å². The van der Waals surface area contributed by atoms with Gasteiger partial charge in [0, 0.05) is 24.8 Å². The molecule has 0 amide bonds. The fourth-order valence-electron chi connectivity index (χ4n) is 1.59. The van der Waals surface area contributed by atoms with Crippen molar-refractivity contribution in [2.45, 2.75) is 46.3 Å². The molecule has 0 spiro atoms. The molecule has 0 aromatic heterocycles. The lowest BCUT2D eigenvalue weighted by Gasteiger charge is -2.13. The minimum absolute atomic E-state index is 0.226. The molecule has 0 aliphatic heterocycles. The third-order valence-electron chi connectivity index (χ3n) is 2.79. The van der Waals surface area contributed by atoms with Crippen molar-refractivity contribution in [2.24, 2.45) is 0 Å². The van der Waals surface area contributed by atoms with E-state index in [-0.39, 0.29) is 6.10 Å². The number of benzene rings is 1. The van der Waals surface area contributed by atoms with Crippen molar-refractivity contribution in [1.29, 1.82) is 0 Å². The quantitative estimate of drug-likeness (QED) is 0.695. The molecule has 2 N–H and O–H groups in total. The maximum Gasteiger partial charge on any atom is 0.119 e. The number of anilines is 1. The zero-order valence-electron chi connectivity index (χ0n) is 12.0. The lowest BCUT2D eigenvalue weighted by atomic mass is 10.2. The van der Waals surface area contributed by atoms with E-state index in [1.54, 1.807) is 0 Å². The Kier molecular flexibility index (Phi) is 6.58. The van der Waals surface area contributed by atoms with Gasteiger partial charge in [0.15, 0.2) is 0 Å². The van der Waals surface area contributed by atoms with Gasteiger partial charge in [0.05, 0.1) is 6.10 Å². The number of hydrogen-bond acceptors (Lipinski definition) is 3. The molecular weight excluding hydrogens is 224 g/mol. The fourth-order valence-corrected chi connectivity index (χ4v) is 1.59. The van der Waals surface area contributed by atoms with Crippen molar-refractivity contribution >= 4 is 5.69 Å². The van der Waals surface area contributed by atoms with E-state index in [0.29, 0.717) is 6.04 Å². The van der Waals surface area contributed by atoms with Crippen molar-refractivity contribution in [3.05, 3.63) is 24.3 Å². The van der Waals surface area contributed by atoms with E-state index in [1.165, 1.54) is 6.42 Å². The molecule has 0 aliphatic rings. The normalized spacial score (nSPS) is 12.5. The van der Waals surface area contributed by atoms with E-state index in [0.717, 1.165) is 24.5 Å². The number of nitrogens with one attached hydrogen (secondary N) is 2. The molecule has 0 aliphatic carbocycles. The molecule has 0 radical (unpaired) electrons. The maximum absolute atomic E-state index is 5.60. The molecule has 0 bridgehead atoms. The highest BCUT2D eigenvalue weighted by Crippen LogP contribution is 2.16. The van der Waals surface area contributed by atoms with E-state index < -0.39 is 0 Å². The van der Waals surface area contributed by atoms with E-state index in [2.05, 4.69) is 36.6 Å². The zero-order valence-corrected chi connectivity index (χ0v) is 12.0. The van der Waals surface area contributed by atoms with Gasteiger partial charge in [0.2, 0.25) is 0 Å². The van der Waals surface area contributed by atoms with Crippen molar-refractivity contribution < 1.29 is 4.74 Å². The first-order valence-electron chi connectivity index (χ1n) is 6.85. The maximum atomic E-state index is 5.60. The second kappa shape index (κ2) is 7.98. The third-order valence-corrected chi connectivity index (χ3v) is 2.79. The average molecular weight is 250 g/mol. The molecular formula is C15H26N2O. The largest absolute Gasteiger partial charge is 0.491 e. The lowest BCUT2D eigenvalue weighted by Crippen LogP contribution is -2.30. The molecule has 1 unspecified atom stereocenters. The lowest BCUT2D eigenvalue weighted by molar-refractivity contribution is 0.242. The van der Waals surface area contributed by atoms with Crippen LogP contribution in [0.15, 0.2) is 24.3 Å². The highest BCUT2D eigenvalue weighted by Gasteiger charge is 1.98. The van der Waals surface area contributed by atoms with E-state index >= 15 is 0 Å². The Labute approximate surface area is 111 Å². The van der Waals surface area contributed by atoms with Crippen LogP contribution >= 0.6 is 0 Å². The molecule has 3 heteroatoms. The van der Waals surface area contributed by atoms with Crippen LogP contribution in [-0.4, -0.2) is 25.2 Å². The molecule has 102 valence electrons. The first-order valence-corrected chi connectivity index (χ1v) is 6.85. The summed E-state index contributed by atoms with van der Waals surface area (Å²) in [6.45, 7) is 10.4. The molecule has 1 rings (SSSR count). The van der Waals surface area contributed by atoms with Gasteiger partial charge in [-0.1, -0.05) is 6.92 Å². The third kappa shape index (κ3) is 5.92. The second-order valence-electron chi connectivity index (χ2n) is 4.88. The minimum Gasteiger partial charge on any atom is -0.491 e. The summed E-state index contributed by atoms with van der Waals surface area (Å²) in [6.07, 6.45) is 1.39. The van der Waals surface area contributed by atoms with Gasteiger partial charge in [0.1, 0.15) is 5.75 Å². The molecule has 1 atom stereocenters. The van der Waals surface area contributed by atoms with Crippen LogP contribution in [0.5, 0.6) is 5.75 Å². The minimum atomic E-state index is 0.226. The van der Waals surface area contributed by atoms with Gasteiger partial charge < -0.3 is 15.4 Å². The fraction of sp³-hybridized carbons (Fsp3) is 0.600. The summed E-state index contributed by atoms with van der Waals surface area (Å²) < 4.78 is 5.60. The molecule has 0 heterocycles. The van der Waals surface area contributed by atoms with E-state index in [9.17, 15) is 0 Å². The van der Waals surface area contributed by atoms with Crippen LogP contribution in [-0.2, 0) is 0 Å². The summed E-state index contributed by atoms with van der Waals surface area (Å²) in [4.78, 5) is 0. The van der Waals surface area contributed by atoms with Crippen LogP contribution in [0.3, 0.4) is 0 Å². The van der Waals surface area contributed by atoms with Crippen molar-refractivity contribution in [2.75, 3.05) is 18.4 Å². The van der Waals surface area contributed by atoms with Gasteiger partial charge in [0.25, 0.3) is 0 Å². The van der Waals surface area contributed by atoms with Crippen LogP contribution in [0, 0.1) is 0 Å². The number of rotatable bonds is 8. The topological polar surface area (TPSA) is 33.3 Å². The molecule has 0 saturated heterocycles. The molecule has 1 aromatic rings. The Morgan fingerprint density at radius 2 is 1.72 bits per heavy atom. The molecule has 0 saturated carbocycles. The number of hydrogen-bond donors (Lipinski definition) is 2. The summed E-state index contributed by atoms with van der Waals surface area (Å²) >= 11 is 0. The summed E-state index contributed by atoms with van der Waals surface area (Å²) in [5.41, 5.74) is 1.14. The molecule has 3 nitrogen and oxygen atoms in total. The van der Waals surface area contributed by atoms with Crippen molar-refractivity contribution in [1.82, 2.24) is 5.32 Å². The van der Waals surface area contributed by atoms with Crippen LogP contribution in [0.1, 0.15) is 34.1 Å². The predicted molar refractivity (Wildman–Crippen MR) is 78.5 cm³/mol. The Hall–Kier alpha value is -1.22. The summed E-state index contributed by atoms with van der Waals surface area (Å²) in [5, 5.41) is 6.84. The van der Waals surface area contributed by atoms with Crippen molar-refractivity contribution in [3.8, 4) is 5.75 Å². The van der Waals surface area contributed by atoms with Crippen LogP contribution in [0.25, 0.3) is 0 Å². The summed E-state index contributed by atoms with van der Waals surface area (Å²) in [6, 6.07) is 8.71. The number of ether oxygens (including phenoxy) is 1. The standard InChI is InChI=1S/C15H26N2O/c1-5-13(4)16-10-11-17-14-6-8-15(9-7-14)18-12(2)3/h6-9,12-13,16-17H,5,10-11H2,1-4H3. The monoisotopic (exact) mass is 250 g/mol. The average Bonchev–Trinajstić information content (AvgIpc) is 2.35. The van der Waals surface area contributed by atoms with Gasteiger partial charge in [-0.3, -0.25) is 0 Å². The second-order valence-corrected chi connectivity index (χ2v) is 4.88. The van der Waals surface area contributed by atoms with E-state index in [1.807, 2.05) is 26.0 Å². The van der Waals surface area contributed by atoms with E-state index in [4.69, 9.17) is 4.74 Å². The summed E-state index contributed by atoms with van der Waals surface area (Å²) in [7, 11) is 0.